The molecule has 0 amide bonds. The van der Waals surface area contributed by atoms with Crippen molar-refractivity contribution in [2.75, 3.05) is 12.3 Å². The Morgan fingerprint density at radius 1 is 1.50 bits per heavy atom. The summed E-state index contributed by atoms with van der Waals surface area (Å²) in [6, 6.07) is 3.44. The molecule has 2 aromatic rings. The van der Waals surface area contributed by atoms with E-state index in [2.05, 4.69) is 15.1 Å². The number of esters is 1. The van der Waals surface area contributed by atoms with Crippen LogP contribution in [0.25, 0.3) is 15.8 Å². The predicted molar refractivity (Wildman–Crippen MR) is 88.3 cm³/mol. The fourth-order valence-corrected chi connectivity index (χ4v) is 3.03. The molecule has 0 saturated heterocycles. The van der Waals surface area contributed by atoms with Gasteiger partial charge in [0.05, 0.1) is 29.1 Å². The summed E-state index contributed by atoms with van der Waals surface area (Å²) in [7, 11) is 0. The van der Waals surface area contributed by atoms with Crippen molar-refractivity contribution >= 4 is 22.8 Å². The highest BCUT2D eigenvalue weighted by Crippen LogP contribution is 2.43. The first-order valence-electron chi connectivity index (χ1n) is 6.99. The Kier molecular flexibility index (Phi) is 3.53. The van der Waals surface area contributed by atoms with Crippen molar-refractivity contribution in [3.8, 4) is 0 Å². The molecule has 0 aromatic carbocycles. The third-order valence-corrected chi connectivity index (χ3v) is 4.08. The molecule has 0 unspecified atom stereocenters. The first-order chi connectivity index (χ1) is 11.1. The van der Waals surface area contributed by atoms with Gasteiger partial charge in [-0.25, -0.2) is 14.6 Å². The van der Waals surface area contributed by atoms with Gasteiger partial charge in [-0.3, -0.25) is 0 Å². The molecule has 122 valence electrons. The fourth-order valence-electron chi connectivity index (χ4n) is 3.03. The minimum Gasteiger partial charge on any atom is -0.461 e. The van der Waals surface area contributed by atoms with E-state index in [0.29, 0.717) is 45.2 Å². The van der Waals surface area contributed by atoms with Crippen molar-refractivity contribution in [1.82, 2.24) is 10.3 Å². The number of rotatable bonds is 1. The monoisotopic (exact) mass is 324 g/mol. The smallest absolute Gasteiger partial charge is 0.336 e. The lowest BCUT2D eigenvalue weighted by Crippen LogP contribution is -2.24. The van der Waals surface area contributed by atoms with Gasteiger partial charge >= 0.3 is 5.97 Å². The topological polar surface area (TPSA) is 94.7 Å². The number of aromatic nitrogens is 1. The molecule has 0 saturated carbocycles. The number of cyclic esters (lactones) is 1. The van der Waals surface area contributed by atoms with Crippen molar-refractivity contribution < 1.29 is 13.9 Å². The summed E-state index contributed by atoms with van der Waals surface area (Å²) in [6.07, 6.45) is 1.55. The van der Waals surface area contributed by atoms with Crippen molar-refractivity contribution in [3.63, 3.8) is 0 Å². The Morgan fingerprint density at radius 3 is 3.00 bits per heavy atom. The van der Waals surface area contributed by atoms with Gasteiger partial charge in [0.1, 0.15) is 23.8 Å². The number of nitrogen functional groups attached to an aromatic ring is 1. The molecule has 7 nitrogen and oxygen atoms in total. The molecule has 0 spiro atoms. The number of carbonyl (C=O) groups excluding carboxylic acids is 1. The molecule has 7 heteroatoms. The predicted octanol–water partition coefficient (Wildman–Crippen LogP) is 2.69. The van der Waals surface area contributed by atoms with Crippen LogP contribution >= 0.6 is 0 Å². The number of furan rings is 1. The summed E-state index contributed by atoms with van der Waals surface area (Å²) in [5.74, 6) is -0.194. The lowest BCUT2D eigenvalue weighted by molar-refractivity contribution is -0.136. The van der Waals surface area contributed by atoms with E-state index >= 15 is 0 Å². The normalized spacial score (nSPS) is 19.5. The lowest BCUT2D eigenvalue weighted by Gasteiger charge is -2.22. The maximum absolute atomic E-state index is 12.1. The zero-order chi connectivity index (χ0) is 16.1. The maximum Gasteiger partial charge on any atom is 0.336 e. The van der Waals surface area contributed by atoms with E-state index in [1.165, 1.54) is 0 Å². The van der Waals surface area contributed by atoms with Gasteiger partial charge in [-0.05, 0) is 19.1 Å². The Bertz CT molecular complexity index is 962. The minimum absolute atomic E-state index is 0. The number of ether oxygens (including phenoxy) is 1. The second kappa shape index (κ2) is 5.42. The number of nitrogens with one attached hydrogen (secondary N) is 1. The zero-order valence-corrected chi connectivity index (χ0v) is 12.2. The number of carbonyl (C=O) groups is 1. The van der Waals surface area contributed by atoms with Gasteiger partial charge < -0.3 is 20.2 Å². The summed E-state index contributed by atoms with van der Waals surface area (Å²) in [5.41, 5.74) is 8.64. The summed E-state index contributed by atoms with van der Waals surface area (Å²) in [5, 5.41) is 3.74. The maximum atomic E-state index is 12.1. The van der Waals surface area contributed by atoms with Crippen LogP contribution < -0.4 is 11.1 Å². The van der Waals surface area contributed by atoms with Gasteiger partial charge in [0.25, 0.3) is 0 Å². The lowest BCUT2D eigenvalue weighted by atomic mass is 9.88. The molecular formula is C17H16N4O3. The van der Waals surface area contributed by atoms with Gasteiger partial charge in [0.2, 0.25) is 0 Å². The van der Waals surface area contributed by atoms with Crippen LogP contribution in [0.5, 0.6) is 0 Å². The second-order valence-corrected chi connectivity index (χ2v) is 5.41. The van der Waals surface area contributed by atoms with Gasteiger partial charge in [0, 0.05) is 11.9 Å². The number of hydrogen-bond donors (Lipinski definition) is 2. The van der Waals surface area contributed by atoms with E-state index in [9.17, 15) is 4.79 Å². The van der Waals surface area contributed by atoms with E-state index in [1.54, 1.807) is 25.3 Å². The van der Waals surface area contributed by atoms with Crippen LogP contribution in [0, 0.1) is 6.57 Å². The number of hydrogen-bond acceptors (Lipinski definition) is 6. The second-order valence-electron chi connectivity index (χ2n) is 5.41. The van der Waals surface area contributed by atoms with E-state index in [0.717, 1.165) is 0 Å². The molecule has 2 aliphatic heterocycles. The number of nitrogens with two attached hydrogens (primary N) is 1. The van der Waals surface area contributed by atoms with Crippen LogP contribution in [-0.4, -0.2) is 17.6 Å². The van der Waals surface area contributed by atoms with Crippen LogP contribution in [0.2, 0.25) is 0 Å². The molecule has 4 rings (SSSR count). The third kappa shape index (κ3) is 2.04. The number of allylic oxidation sites excluding steroid dienone is 2. The van der Waals surface area contributed by atoms with E-state index in [1.807, 2.05) is 0 Å². The van der Waals surface area contributed by atoms with Gasteiger partial charge in [-0.2, -0.15) is 0 Å². The Morgan fingerprint density at radius 2 is 2.29 bits per heavy atom. The molecule has 0 bridgehead atoms. The number of pyridine rings is 1. The van der Waals surface area contributed by atoms with Crippen molar-refractivity contribution in [3.05, 3.63) is 58.2 Å². The average Bonchev–Trinajstić information content (AvgIpc) is 3.11. The molecule has 0 fully saturated rings. The molecule has 0 radical (unpaired) electrons. The Hall–Kier alpha value is -3.27. The SMILES string of the molecule is C.[C-]#[N+]C1=C(C)NC2=C(C(=O)OC2)[C@H]1c1cc2c(N)nccc2o1. The van der Waals surface area contributed by atoms with Gasteiger partial charge in [0.15, 0.2) is 5.70 Å². The first kappa shape index (κ1) is 15.6. The Labute approximate surface area is 138 Å². The van der Waals surface area contributed by atoms with Crippen molar-refractivity contribution in [2.45, 2.75) is 20.3 Å². The number of fused-ring (bicyclic) bond motifs is 1. The van der Waals surface area contributed by atoms with Crippen molar-refractivity contribution in [1.29, 1.82) is 0 Å². The van der Waals surface area contributed by atoms with Crippen LogP contribution in [0.4, 0.5) is 5.82 Å². The molecule has 24 heavy (non-hydrogen) atoms. The van der Waals surface area contributed by atoms with E-state index in [4.69, 9.17) is 21.5 Å². The summed E-state index contributed by atoms with van der Waals surface area (Å²) < 4.78 is 11.0. The Balaban J connectivity index is 0.00000169. The van der Waals surface area contributed by atoms with Crippen LogP contribution in [0.3, 0.4) is 0 Å². The standard InChI is InChI=1S/C16H12N4O3.CH4/c1-7-14(18-2)13(12-9(20-7)6-22-16(12)21)11-5-8-10(23-11)3-4-19-15(8)17;/h3-5,13,20H,6H2,1H3,(H2,17,19);1H4/t13-;/m1./s1. The third-order valence-electron chi connectivity index (χ3n) is 4.08. The highest BCUT2D eigenvalue weighted by atomic mass is 16.5. The number of dihydropyridines is 1. The molecule has 2 aliphatic rings. The fraction of sp³-hybridized carbons (Fsp3) is 0.235. The molecule has 1 atom stereocenters. The highest BCUT2D eigenvalue weighted by molar-refractivity contribution is 5.95. The van der Waals surface area contributed by atoms with Gasteiger partial charge in [-0.15, -0.1) is 0 Å². The largest absolute Gasteiger partial charge is 0.461 e. The summed E-state index contributed by atoms with van der Waals surface area (Å²) >= 11 is 0. The van der Waals surface area contributed by atoms with Crippen LogP contribution in [0.15, 0.2) is 45.4 Å². The summed E-state index contributed by atoms with van der Waals surface area (Å²) in [6.45, 7) is 9.45. The van der Waals surface area contributed by atoms with Crippen LogP contribution in [-0.2, 0) is 9.53 Å². The van der Waals surface area contributed by atoms with Crippen molar-refractivity contribution in [2.24, 2.45) is 0 Å². The number of nitrogens with zero attached hydrogens (tertiary/aromatic N) is 2. The molecule has 2 aromatic heterocycles. The van der Waals surface area contributed by atoms with Crippen LogP contribution in [0.1, 0.15) is 26.0 Å². The molecule has 0 aliphatic carbocycles. The quantitative estimate of drug-likeness (QED) is 0.618. The zero-order valence-electron chi connectivity index (χ0n) is 12.2. The average molecular weight is 324 g/mol. The molecule has 4 heterocycles. The summed E-state index contributed by atoms with van der Waals surface area (Å²) in [4.78, 5) is 19.7. The number of anilines is 1. The van der Waals surface area contributed by atoms with E-state index < -0.39 is 11.9 Å². The minimum atomic E-state index is -0.592. The first-order valence-corrected chi connectivity index (χ1v) is 6.99. The van der Waals surface area contributed by atoms with Gasteiger partial charge in [-0.1, -0.05) is 7.43 Å². The molecular weight excluding hydrogens is 308 g/mol. The molecule has 3 N–H and O–H groups in total. The highest BCUT2D eigenvalue weighted by Gasteiger charge is 2.41. The van der Waals surface area contributed by atoms with E-state index in [-0.39, 0.29) is 14.0 Å².